The zero-order valence-corrected chi connectivity index (χ0v) is 19.7. The van der Waals surface area contributed by atoms with E-state index in [2.05, 4.69) is 20.4 Å². The van der Waals surface area contributed by atoms with Crippen molar-refractivity contribution < 1.29 is 21.9 Å². The smallest absolute Gasteiger partial charge is 0.387 e. The van der Waals surface area contributed by atoms with E-state index in [9.17, 15) is 17.2 Å². The number of nitrogens with zero attached hydrogens (tertiary/aromatic N) is 2. The van der Waals surface area contributed by atoms with Gasteiger partial charge in [0.25, 0.3) is 0 Å². The van der Waals surface area contributed by atoms with Crippen LogP contribution in [0.25, 0.3) is 0 Å². The maximum Gasteiger partial charge on any atom is 0.387 e. The Bertz CT molecular complexity index is 729. The topological polar surface area (TPSA) is 83.0 Å². The second-order valence-electron chi connectivity index (χ2n) is 5.74. The molecule has 0 atom stereocenters. The molecular weight excluding hydrogens is 505 g/mol. The van der Waals surface area contributed by atoms with Crippen LogP contribution in [0.15, 0.2) is 23.2 Å². The third-order valence-corrected chi connectivity index (χ3v) is 5.88. The van der Waals surface area contributed by atoms with Gasteiger partial charge < -0.3 is 15.4 Å². The molecule has 0 saturated carbocycles. The summed E-state index contributed by atoms with van der Waals surface area (Å²) in [6.45, 7) is 3.73. The van der Waals surface area contributed by atoms with Crippen LogP contribution in [0.5, 0.6) is 5.75 Å². The van der Waals surface area contributed by atoms with Gasteiger partial charge in [-0.15, -0.1) is 24.0 Å². The number of rotatable bonds is 10. The van der Waals surface area contributed by atoms with E-state index in [1.165, 1.54) is 10.4 Å². The number of sulfonamides is 1. The molecule has 0 aromatic heterocycles. The van der Waals surface area contributed by atoms with E-state index in [0.29, 0.717) is 24.6 Å². The lowest BCUT2D eigenvalue weighted by Gasteiger charge is -2.19. The fourth-order valence-corrected chi connectivity index (χ4v) is 3.91. The second kappa shape index (κ2) is 13.1. The Balaban J connectivity index is 0.00000729. The highest BCUT2D eigenvalue weighted by Crippen LogP contribution is 2.21. The van der Waals surface area contributed by atoms with Crippen LogP contribution < -0.4 is 15.4 Å². The van der Waals surface area contributed by atoms with Crippen molar-refractivity contribution in [3.63, 3.8) is 0 Å². The van der Waals surface area contributed by atoms with Gasteiger partial charge in [0.2, 0.25) is 10.0 Å². The Morgan fingerprint density at radius 1 is 1.25 bits per heavy atom. The number of nitrogens with one attached hydrogen (secondary N) is 2. The van der Waals surface area contributed by atoms with Crippen LogP contribution >= 0.6 is 24.0 Å². The monoisotopic (exact) mass is 534 g/mol. The lowest BCUT2D eigenvalue weighted by Crippen LogP contribution is -2.41. The average molecular weight is 534 g/mol. The molecule has 0 bridgehead atoms. The predicted octanol–water partition coefficient (Wildman–Crippen LogP) is 2.55. The standard InChI is InChI=1S/C17H28F2N4O3S.HI/c1-5-23(6-2)27(24,25)10-9-21-17(20-4)22-12-14-11-13(3)7-8-15(14)26-16(18)19;/h7-8,11,16H,5-6,9-10,12H2,1-4H3,(H2,20,21,22);1H. The Morgan fingerprint density at radius 2 is 1.89 bits per heavy atom. The highest BCUT2D eigenvalue weighted by molar-refractivity contribution is 14.0. The van der Waals surface area contributed by atoms with Crippen molar-refractivity contribution in [3.05, 3.63) is 29.3 Å². The number of benzene rings is 1. The number of aryl methyl sites for hydroxylation is 1. The van der Waals surface area contributed by atoms with Gasteiger partial charge in [-0.3, -0.25) is 4.99 Å². The molecule has 0 fully saturated rings. The van der Waals surface area contributed by atoms with Crippen molar-refractivity contribution in [1.82, 2.24) is 14.9 Å². The Labute approximate surface area is 183 Å². The predicted molar refractivity (Wildman–Crippen MR) is 118 cm³/mol. The first-order valence-electron chi connectivity index (χ1n) is 8.70. The molecule has 1 aromatic rings. The molecule has 0 aliphatic rings. The van der Waals surface area contributed by atoms with Crippen LogP contribution in [0.1, 0.15) is 25.0 Å². The van der Waals surface area contributed by atoms with Gasteiger partial charge in [0.15, 0.2) is 5.96 Å². The van der Waals surface area contributed by atoms with Gasteiger partial charge >= 0.3 is 6.61 Å². The highest BCUT2D eigenvalue weighted by atomic mass is 127. The fourth-order valence-electron chi connectivity index (χ4n) is 2.50. The number of hydrogen-bond donors (Lipinski definition) is 2. The first kappa shape index (κ1) is 26.8. The van der Waals surface area contributed by atoms with E-state index >= 15 is 0 Å². The first-order valence-corrected chi connectivity index (χ1v) is 10.3. The van der Waals surface area contributed by atoms with Crippen molar-refractivity contribution in [2.24, 2.45) is 4.99 Å². The summed E-state index contributed by atoms with van der Waals surface area (Å²) in [5, 5.41) is 5.89. The van der Waals surface area contributed by atoms with Gasteiger partial charge in [0, 0.05) is 38.8 Å². The largest absolute Gasteiger partial charge is 0.434 e. The number of alkyl halides is 2. The summed E-state index contributed by atoms with van der Waals surface area (Å²) < 4.78 is 55.3. The Kier molecular flexibility index (Phi) is 12.5. The molecule has 1 aromatic carbocycles. The summed E-state index contributed by atoms with van der Waals surface area (Å²) in [6.07, 6.45) is 0. The van der Waals surface area contributed by atoms with Crippen LogP contribution in [-0.4, -0.2) is 57.7 Å². The van der Waals surface area contributed by atoms with Crippen molar-refractivity contribution in [2.75, 3.05) is 32.4 Å². The van der Waals surface area contributed by atoms with Gasteiger partial charge in [-0.2, -0.15) is 8.78 Å². The van der Waals surface area contributed by atoms with Crippen molar-refractivity contribution in [1.29, 1.82) is 0 Å². The third-order valence-electron chi connectivity index (χ3n) is 3.85. The molecule has 0 spiro atoms. The van der Waals surface area contributed by atoms with Crippen LogP contribution in [0, 0.1) is 6.92 Å². The minimum Gasteiger partial charge on any atom is -0.434 e. The van der Waals surface area contributed by atoms with E-state index in [1.54, 1.807) is 33.0 Å². The van der Waals surface area contributed by atoms with Crippen LogP contribution in [0.4, 0.5) is 8.78 Å². The number of aliphatic imine (C=N–C) groups is 1. The molecular formula is C17H29F2IN4O3S. The number of halogens is 3. The second-order valence-corrected chi connectivity index (χ2v) is 7.83. The lowest BCUT2D eigenvalue weighted by molar-refractivity contribution is -0.0504. The summed E-state index contributed by atoms with van der Waals surface area (Å²) in [6, 6.07) is 4.92. The highest BCUT2D eigenvalue weighted by Gasteiger charge is 2.18. The summed E-state index contributed by atoms with van der Waals surface area (Å²) >= 11 is 0. The average Bonchev–Trinajstić information content (AvgIpc) is 2.60. The van der Waals surface area contributed by atoms with E-state index < -0.39 is 16.6 Å². The molecule has 0 radical (unpaired) electrons. The van der Waals surface area contributed by atoms with Crippen molar-refractivity contribution >= 4 is 40.0 Å². The fraction of sp³-hybridized carbons (Fsp3) is 0.588. The Morgan fingerprint density at radius 3 is 2.43 bits per heavy atom. The number of ether oxygens (including phenoxy) is 1. The Hall–Kier alpha value is -1.21. The summed E-state index contributed by atoms with van der Waals surface area (Å²) in [4.78, 5) is 4.02. The molecule has 11 heteroatoms. The molecule has 0 saturated heterocycles. The van der Waals surface area contributed by atoms with Crippen LogP contribution in [0.2, 0.25) is 0 Å². The maximum atomic E-state index is 12.5. The molecule has 7 nitrogen and oxygen atoms in total. The number of hydrogen-bond acceptors (Lipinski definition) is 4. The van der Waals surface area contributed by atoms with Crippen molar-refractivity contribution in [3.8, 4) is 5.75 Å². The van der Waals surface area contributed by atoms with E-state index in [4.69, 9.17) is 0 Å². The molecule has 0 aliphatic carbocycles. The van der Waals surface area contributed by atoms with Gasteiger partial charge in [-0.1, -0.05) is 31.5 Å². The summed E-state index contributed by atoms with van der Waals surface area (Å²) in [7, 11) is -1.79. The minimum absolute atomic E-state index is 0. The van der Waals surface area contributed by atoms with Crippen molar-refractivity contribution in [2.45, 2.75) is 33.9 Å². The van der Waals surface area contributed by atoms with Crippen LogP contribution in [-0.2, 0) is 16.6 Å². The van der Waals surface area contributed by atoms with E-state index in [1.807, 2.05) is 6.92 Å². The van der Waals surface area contributed by atoms with Gasteiger partial charge in [0.05, 0.1) is 5.75 Å². The SMILES string of the molecule is CCN(CC)S(=O)(=O)CCNC(=NC)NCc1cc(C)ccc1OC(F)F.I. The summed E-state index contributed by atoms with van der Waals surface area (Å²) in [5.74, 6) is 0.386. The maximum absolute atomic E-state index is 12.5. The zero-order valence-electron chi connectivity index (χ0n) is 16.5. The van der Waals surface area contributed by atoms with Crippen LogP contribution in [0.3, 0.4) is 0 Å². The number of guanidine groups is 1. The minimum atomic E-state index is -3.33. The molecule has 2 N–H and O–H groups in total. The van der Waals surface area contributed by atoms with Gasteiger partial charge in [0.1, 0.15) is 5.75 Å². The molecule has 0 amide bonds. The molecule has 162 valence electrons. The molecule has 1 rings (SSSR count). The lowest BCUT2D eigenvalue weighted by atomic mass is 10.1. The zero-order chi connectivity index (χ0) is 20.4. The molecule has 28 heavy (non-hydrogen) atoms. The third kappa shape index (κ3) is 8.86. The molecule has 0 heterocycles. The van der Waals surface area contributed by atoms with Gasteiger partial charge in [-0.25, -0.2) is 12.7 Å². The quantitative estimate of drug-likeness (QED) is 0.274. The van der Waals surface area contributed by atoms with E-state index in [-0.39, 0.29) is 48.6 Å². The first-order chi connectivity index (χ1) is 12.7. The molecule has 0 aliphatic heterocycles. The normalized spacial score (nSPS) is 12.1. The molecule has 0 unspecified atom stereocenters. The summed E-state index contributed by atoms with van der Waals surface area (Å²) in [5.41, 5.74) is 1.45. The van der Waals surface area contributed by atoms with E-state index in [0.717, 1.165) is 5.56 Å². The van der Waals surface area contributed by atoms with Gasteiger partial charge in [-0.05, 0) is 13.0 Å².